The molecule has 0 spiro atoms. The predicted molar refractivity (Wildman–Crippen MR) is 225 cm³/mol. The standard InChI is InChI=1S/C43H69FN6O11/c1-39(2,3)59-36(55)45-23-17-16-20-29(34(53)50-24-21-43(22-25-50,35(54)58-12)49-38(57)61-41(7,8)9)46-33(52)31(27-42(10,11)44)47-32(51)30(26-28-18-14-13-15-19-28)48-37(56)60-40(4,5)6/h13-15,18-19,29-31H,16-17,20-27H2,1-12H3,(H,45,55)(H,46,52)(H,47,51)(H,48,56)(H,49,57). The first-order valence-corrected chi connectivity index (χ1v) is 20.7. The van der Waals surface area contributed by atoms with Gasteiger partial charge in [-0.2, -0.15) is 0 Å². The van der Waals surface area contributed by atoms with Crippen LogP contribution in [0.3, 0.4) is 0 Å². The number of hydrogen-bond acceptors (Lipinski definition) is 11. The summed E-state index contributed by atoms with van der Waals surface area (Å²) in [6.07, 6.45) is -2.07. The van der Waals surface area contributed by atoms with E-state index >= 15 is 4.39 Å². The van der Waals surface area contributed by atoms with Crippen LogP contribution in [0.25, 0.3) is 0 Å². The zero-order valence-corrected chi connectivity index (χ0v) is 38.0. The van der Waals surface area contributed by atoms with Crippen LogP contribution >= 0.6 is 0 Å². The van der Waals surface area contributed by atoms with E-state index in [1.165, 1.54) is 25.9 Å². The number of alkyl halides is 1. The van der Waals surface area contributed by atoms with Gasteiger partial charge in [0.25, 0.3) is 0 Å². The Morgan fingerprint density at radius 3 is 1.72 bits per heavy atom. The van der Waals surface area contributed by atoms with Gasteiger partial charge in [0.1, 0.15) is 46.1 Å². The third-order valence-corrected chi connectivity index (χ3v) is 9.06. The molecule has 1 aromatic rings. The van der Waals surface area contributed by atoms with Crippen molar-refractivity contribution in [3.8, 4) is 0 Å². The Hall–Kier alpha value is -5.16. The lowest BCUT2D eigenvalue weighted by Gasteiger charge is -2.41. The third-order valence-electron chi connectivity index (χ3n) is 9.06. The molecule has 6 amide bonds. The fraction of sp³-hybridized carbons (Fsp3) is 0.698. The Bertz CT molecular complexity index is 1660. The second-order valence-corrected chi connectivity index (χ2v) is 18.9. The van der Waals surface area contributed by atoms with Gasteiger partial charge in [0, 0.05) is 32.5 Å². The van der Waals surface area contributed by atoms with Gasteiger partial charge in [-0.25, -0.2) is 23.6 Å². The van der Waals surface area contributed by atoms with Crippen LogP contribution in [0.4, 0.5) is 18.8 Å². The number of methoxy groups -OCH3 is 1. The molecule has 344 valence electrons. The van der Waals surface area contributed by atoms with E-state index in [1.807, 2.05) is 0 Å². The van der Waals surface area contributed by atoms with Crippen molar-refractivity contribution in [2.45, 2.75) is 167 Å². The molecule has 2 rings (SSSR count). The smallest absolute Gasteiger partial charge is 0.408 e. The van der Waals surface area contributed by atoms with Gasteiger partial charge in [0.15, 0.2) is 0 Å². The van der Waals surface area contributed by atoms with Crippen LogP contribution in [-0.4, -0.2) is 120 Å². The van der Waals surface area contributed by atoms with Gasteiger partial charge in [0.05, 0.1) is 7.11 Å². The fourth-order valence-electron chi connectivity index (χ4n) is 6.39. The number of esters is 1. The number of carbonyl (C=O) groups is 7. The molecule has 5 N–H and O–H groups in total. The molecular formula is C43H69FN6O11. The van der Waals surface area contributed by atoms with Crippen molar-refractivity contribution in [2.24, 2.45) is 0 Å². The molecule has 18 heteroatoms. The van der Waals surface area contributed by atoms with Gasteiger partial charge in [-0.05, 0) is 114 Å². The predicted octanol–water partition coefficient (Wildman–Crippen LogP) is 4.98. The number of nitrogens with one attached hydrogen (secondary N) is 5. The van der Waals surface area contributed by atoms with Gasteiger partial charge in [-0.1, -0.05) is 30.3 Å². The van der Waals surface area contributed by atoms with Gasteiger partial charge in [0.2, 0.25) is 17.7 Å². The number of ether oxygens (including phenoxy) is 4. The van der Waals surface area contributed by atoms with Crippen molar-refractivity contribution in [3.05, 3.63) is 35.9 Å². The Balaban J connectivity index is 2.38. The van der Waals surface area contributed by atoms with Gasteiger partial charge in [-0.15, -0.1) is 0 Å². The molecule has 1 aromatic carbocycles. The highest BCUT2D eigenvalue weighted by Gasteiger charge is 2.46. The average Bonchev–Trinajstić information content (AvgIpc) is 3.10. The highest BCUT2D eigenvalue weighted by Crippen LogP contribution is 2.26. The second kappa shape index (κ2) is 22.1. The first-order chi connectivity index (χ1) is 28.0. The van der Waals surface area contributed by atoms with Crippen molar-refractivity contribution in [3.63, 3.8) is 0 Å². The van der Waals surface area contributed by atoms with E-state index in [0.29, 0.717) is 18.4 Å². The number of benzene rings is 1. The Kier molecular flexibility index (Phi) is 18.8. The summed E-state index contributed by atoms with van der Waals surface area (Å²) >= 11 is 0. The summed E-state index contributed by atoms with van der Waals surface area (Å²) in [6, 6.07) is 4.91. The first-order valence-electron chi connectivity index (χ1n) is 20.7. The number of alkyl carbamates (subject to hydrolysis) is 3. The molecule has 17 nitrogen and oxygen atoms in total. The summed E-state index contributed by atoms with van der Waals surface area (Å²) in [5, 5.41) is 13.2. The number of piperidine rings is 1. The molecule has 61 heavy (non-hydrogen) atoms. The molecule has 0 radical (unpaired) electrons. The zero-order valence-electron chi connectivity index (χ0n) is 38.0. The molecule has 0 bridgehead atoms. The molecule has 1 saturated heterocycles. The molecule has 1 fully saturated rings. The van der Waals surface area contributed by atoms with E-state index < -0.39 is 94.5 Å². The monoisotopic (exact) mass is 865 g/mol. The van der Waals surface area contributed by atoms with Crippen molar-refractivity contribution in [1.82, 2.24) is 31.5 Å². The van der Waals surface area contributed by atoms with E-state index in [9.17, 15) is 33.6 Å². The Morgan fingerprint density at radius 1 is 0.689 bits per heavy atom. The van der Waals surface area contributed by atoms with Gasteiger partial charge in [-0.3, -0.25) is 14.4 Å². The summed E-state index contributed by atoms with van der Waals surface area (Å²) in [6.45, 7) is 17.9. The normalized spacial score (nSPS) is 15.8. The van der Waals surface area contributed by atoms with E-state index in [1.54, 1.807) is 92.6 Å². The maximum atomic E-state index is 15.4. The summed E-state index contributed by atoms with van der Waals surface area (Å²) in [7, 11) is 1.19. The zero-order chi connectivity index (χ0) is 46.4. The quantitative estimate of drug-likeness (QED) is 0.0799. The maximum absolute atomic E-state index is 15.4. The number of rotatable bonds is 17. The summed E-state index contributed by atoms with van der Waals surface area (Å²) in [4.78, 5) is 94.6. The van der Waals surface area contributed by atoms with E-state index in [4.69, 9.17) is 18.9 Å². The lowest BCUT2D eigenvalue weighted by Crippen LogP contribution is -2.63. The number of amides is 6. The molecule has 1 aliphatic rings. The van der Waals surface area contributed by atoms with Crippen molar-refractivity contribution in [2.75, 3.05) is 26.7 Å². The minimum atomic E-state index is -1.97. The minimum absolute atomic E-state index is 0.0164. The lowest BCUT2D eigenvalue weighted by atomic mass is 9.87. The summed E-state index contributed by atoms with van der Waals surface area (Å²) in [5.74, 6) is -2.88. The van der Waals surface area contributed by atoms with E-state index in [-0.39, 0.29) is 45.3 Å². The van der Waals surface area contributed by atoms with Crippen LogP contribution in [0, 0.1) is 0 Å². The molecule has 0 aromatic heterocycles. The van der Waals surface area contributed by atoms with Crippen LogP contribution in [0.2, 0.25) is 0 Å². The molecule has 0 saturated carbocycles. The second-order valence-electron chi connectivity index (χ2n) is 18.9. The Morgan fingerprint density at radius 2 is 1.20 bits per heavy atom. The van der Waals surface area contributed by atoms with Crippen LogP contribution in [-0.2, 0) is 44.5 Å². The molecule has 3 atom stereocenters. The summed E-state index contributed by atoms with van der Waals surface area (Å²) in [5.41, 5.74) is -5.21. The highest BCUT2D eigenvalue weighted by atomic mass is 19.1. The lowest BCUT2D eigenvalue weighted by molar-refractivity contribution is -0.153. The van der Waals surface area contributed by atoms with Crippen LogP contribution in [0.15, 0.2) is 30.3 Å². The van der Waals surface area contributed by atoms with Crippen LogP contribution in [0.5, 0.6) is 0 Å². The number of carbonyl (C=O) groups excluding carboxylic acids is 7. The average molecular weight is 865 g/mol. The molecule has 1 heterocycles. The topological polar surface area (TPSA) is 220 Å². The maximum Gasteiger partial charge on any atom is 0.408 e. The number of likely N-dealkylation sites (tertiary alicyclic amines) is 1. The van der Waals surface area contributed by atoms with Crippen molar-refractivity contribution >= 4 is 42.0 Å². The van der Waals surface area contributed by atoms with Crippen molar-refractivity contribution < 1.29 is 56.9 Å². The van der Waals surface area contributed by atoms with Crippen LogP contribution < -0.4 is 26.6 Å². The van der Waals surface area contributed by atoms with E-state index in [2.05, 4.69) is 26.6 Å². The SMILES string of the molecule is COC(=O)C1(NC(=O)OC(C)(C)C)CCN(C(=O)C(CCCCNC(=O)OC(C)(C)C)NC(=O)C(CC(C)(C)F)NC(=O)C(Cc2ccccc2)NC(=O)OC(C)(C)C)CC1. The minimum Gasteiger partial charge on any atom is -0.467 e. The number of nitrogens with zero attached hydrogens (tertiary/aromatic N) is 1. The third kappa shape index (κ3) is 19.8. The van der Waals surface area contributed by atoms with Gasteiger partial charge < -0.3 is 50.4 Å². The first kappa shape index (κ1) is 52.0. The van der Waals surface area contributed by atoms with Gasteiger partial charge >= 0.3 is 24.2 Å². The highest BCUT2D eigenvalue weighted by molar-refractivity contribution is 5.94. The summed E-state index contributed by atoms with van der Waals surface area (Å²) < 4.78 is 36.5. The number of unbranched alkanes of at least 4 members (excludes halogenated alkanes) is 1. The molecule has 1 aliphatic heterocycles. The van der Waals surface area contributed by atoms with E-state index in [0.717, 1.165) is 0 Å². The largest absolute Gasteiger partial charge is 0.467 e. The van der Waals surface area contributed by atoms with Crippen LogP contribution in [0.1, 0.15) is 120 Å². The fourth-order valence-corrected chi connectivity index (χ4v) is 6.39. The molecule has 0 aliphatic carbocycles. The Labute approximate surface area is 359 Å². The molecular weight excluding hydrogens is 796 g/mol. The van der Waals surface area contributed by atoms with Crippen molar-refractivity contribution in [1.29, 1.82) is 0 Å². The molecule has 3 unspecified atom stereocenters. The number of halogens is 1. The number of hydrogen-bond donors (Lipinski definition) is 5.